The topological polar surface area (TPSA) is 36.9 Å². The molecule has 0 aliphatic carbocycles. The molecule has 4 nitrogen and oxygen atoms in total. The summed E-state index contributed by atoms with van der Waals surface area (Å²) in [6.45, 7) is 8.69. The van der Waals surface area contributed by atoms with Crippen molar-refractivity contribution in [2.45, 2.75) is 0 Å². The minimum atomic E-state index is 0.398. The lowest BCUT2D eigenvalue weighted by Crippen LogP contribution is -2.09. The maximum absolute atomic E-state index is 5.92. The Labute approximate surface area is 142 Å². The highest BCUT2D eigenvalue weighted by Crippen LogP contribution is 2.38. The zero-order chi connectivity index (χ0) is 17.0. The highest BCUT2D eigenvalue weighted by Gasteiger charge is 2.13. The van der Waals surface area contributed by atoms with Crippen LogP contribution < -0.4 is 9.47 Å². The molecule has 0 N–H and O–H groups in total. The minimum Gasteiger partial charge on any atom is -0.498 e. The second-order valence-electron chi connectivity index (χ2n) is 4.77. The number of benzene rings is 2. The highest BCUT2D eigenvalue weighted by molar-refractivity contribution is 5.73. The number of para-hydroxylation sites is 1. The van der Waals surface area contributed by atoms with Crippen LogP contribution in [0.1, 0.15) is 0 Å². The van der Waals surface area contributed by atoms with Crippen LogP contribution in [0.5, 0.6) is 11.5 Å². The summed E-state index contributed by atoms with van der Waals surface area (Å²) in [6.07, 6.45) is 2.80. The molecular formula is C20H22O4. The molecule has 126 valence electrons. The van der Waals surface area contributed by atoms with E-state index < -0.39 is 0 Å². The van der Waals surface area contributed by atoms with E-state index in [0.717, 1.165) is 11.1 Å². The summed E-state index contributed by atoms with van der Waals surface area (Å²) in [4.78, 5) is 0. The van der Waals surface area contributed by atoms with Crippen LogP contribution in [0, 0.1) is 0 Å². The Morgan fingerprint density at radius 3 is 2.04 bits per heavy atom. The van der Waals surface area contributed by atoms with E-state index in [1.807, 2.05) is 48.5 Å². The summed E-state index contributed by atoms with van der Waals surface area (Å²) >= 11 is 0. The van der Waals surface area contributed by atoms with Crippen LogP contribution in [0.15, 0.2) is 74.2 Å². The third kappa shape index (κ3) is 5.09. The number of rotatable bonds is 11. The quantitative estimate of drug-likeness (QED) is 0.452. The first kappa shape index (κ1) is 17.5. The first-order chi connectivity index (χ1) is 11.9. The van der Waals surface area contributed by atoms with Crippen molar-refractivity contribution in [2.24, 2.45) is 0 Å². The summed E-state index contributed by atoms with van der Waals surface area (Å²) in [6, 6.07) is 15.9. The van der Waals surface area contributed by atoms with Crippen molar-refractivity contribution in [3.05, 3.63) is 74.2 Å². The molecule has 0 fully saturated rings. The Morgan fingerprint density at radius 1 is 0.708 bits per heavy atom. The van der Waals surface area contributed by atoms with Gasteiger partial charge in [-0.3, -0.25) is 0 Å². The van der Waals surface area contributed by atoms with E-state index >= 15 is 0 Å². The Balaban J connectivity index is 2.21. The molecule has 0 aromatic heterocycles. The van der Waals surface area contributed by atoms with Gasteiger partial charge in [-0.1, -0.05) is 55.6 Å². The molecule has 2 aromatic carbocycles. The van der Waals surface area contributed by atoms with Gasteiger partial charge >= 0.3 is 0 Å². The lowest BCUT2D eigenvalue weighted by Gasteiger charge is -2.16. The van der Waals surface area contributed by atoms with Crippen molar-refractivity contribution in [3.8, 4) is 22.6 Å². The molecule has 0 saturated heterocycles. The first-order valence-corrected chi connectivity index (χ1v) is 7.76. The summed E-state index contributed by atoms with van der Waals surface area (Å²) in [7, 11) is 0. The van der Waals surface area contributed by atoms with Gasteiger partial charge in [-0.05, 0) is 11.6 Å². The standard InChI is InChI=1S/C20H22O4/c1-3-21-13-15-23-19-12-8-11-18(17-9-6-5-7-10-17)20(19)24-16-14-22-4-2/h3-12H,1-2,13-16H2. The van der Waals surface area contributed by atoms with E-state index in [2.05, 4.69) is 13.2 Å². The third-order valence-electron chi connectivity index (χ3n) is 3.21. The van der Waals surface area contributed by atoms with Crippen LogP contribution in [0.25, 0.3) is 11.1 Å². The Hall–Kier alpha value is -2.88. The predicted octanol–water partition coefficient (Wildman–Crippen LogP) is 4.43. The number of hydrogen-bond acceptors (Lipinski definition) is 4. The average molecular weight is 326 g/mol. The fraction of sp³-hybridized carbons (Fsp3) is 0.200. The van der Waals surface area contributed by atoms with Gasteiger partial charge in [-0.25, -0.2) is 0 Å². The molecule has 0 bridgehead atoms. The molecular weight excluding hydrogens is 304 g/mol. The second-order valence-corrected chi connectivity index (χ2v) is 4.77. The lowest BCUT2D eigenvalue weighted by atomic mass is 10.0. The van der Waals surface area contributed by atoms with Gasteiger partial charge in [0.1, 0.15) is 26.4 Å². The molecule has 0 radical (unpaired) electrons. The van der Waals surface area contributed by atoms with Gasteiger partial charge in [0.15, 0.2) is 11.5 Å². The second kappa shape index (κ2) is 10.0. The zero-order valence-electron chi connectivity index (χ0n) is 13.6. The van der Waals surface area contributed by atoms with Crippen molar-refractivity contribution in [2.75, 3.05) is 26.4 Å². The molecule has 0 saturated carbocycles. The van der Waals surface area contributed by atoms with E-state index in [4.69, 9.17) is 18.9 Å². The number of hydrogen-bond donors (Lipinski definition) is 0. The molecule has 0 aliphatic heterocycles. The summed E-state index contributed by atoms with van der Waals surface area (Å²) in [5.74, 6) is 1.36. The Bertz CT molecular complexity index is 637. The first-order valence-electron chi connectivity index (χ1n) is 7.76. The van der Waals surface area contributed by atoms with Gasteiger partial charge in [0.05, 0.1) is 12.5 Å². The van der Waals surface area contributed by atoms with E-state index in [1.54, 1.807) is 0 Å². The number of ether oxygens (including phenoxy) is 4. The maximum atomic E-state index is 5.92. The third-order valence-corrected chi connectivity index (χ3v) is 3.21. The molecule has 24 heavy (non-hydrogen) atoms. The van der Waals surface area contributed by atoms with Gasteiger partial charge in [0.25, 0.3) is 0 Å². The van der Waals surface area contributed by atoms with Crippen LogP contribution in [0.4, 0.5) is 0 Å². The van der Waals surface area contributed by atoms with Crippen LogP contribution in [0.2, 0.25) is 0 Å². The van der Waals surface area contributed by atoms with Crippen molar-refractivity contribution >= 4 is 0 Å². The average Bonchev–Trinajstić information content (AvgIpc) is 2.63. The Morgan fingerprint density at radius 2 is 1.38 bits per heavy atom. The molecule has 4 heteroatoms. The largest absolute Gasteiger partial charge is 0.498 e. The van der Waals surface area contributed by atoms with Crippen molar-refractivity contribution in [1.29, 1.82) is 0 Å². The fourth-order valence-electron chi connectivity index (χ4n) is 2.18. The molecule has 2 rings (SSSR count). The van der Waals surface area contributed by atoms with Gasteiger partial charge in [-0.15, -0.1) is 0 Å². The van der Waals surface area contributed by atoms with Crippen LogP contribution in [0.3, 0.4) is 0 Å². The van der Waals surface area contributed by atoms with Crippen LogP contribution >= 0.6 is 0 Å². The maximum Gasteiger partial charge on any atom is 0.169 e. The SMILES string of the molecule is C=COCCOc1cccc(-c2ccccc2)c1OCCOC=C. The summed E-state index contributed by atoms with van der Waals surface area (Å²) in [5, 5.41) is 0. The molecule has 0 aliphatic rings. The highest BCUT2D eigenvalue weighted by atomic mass is 16.5. The van der Waals surface area contributed by atoms with Crippen LogP contribution in [-0.2, 0) is 9.47 Å². The fourth-order valence-corrected chi connectivity index (χ4v) is 2.18. The molecule has 0 atom stereocenters. The minimum absolute atomic E-state index is 0.398. The van der Waals surface area contributed by atoms with Gasteiger partial charge < -0.3 is 18.9 Å². The van der Waals surface area contributed by atoms with Gasteiger partial charge in [-0.2, -0.15) is 0 Å². The van der Waals surface area contributed by atoms with Gasteiger partial charge in [0, 0.05) is 5.56 Å². The molecule has 0 heterocycles. The van der Waals surface area contributed by atoms with E-state index in [-0.39, 0.29) is 0 Å². The van der Waals surface area contributed by atoms with Crippen LogP contribution in [-0.4, -0.2) is 26.4 Å². The molecule has 2 aromatic rings. The molecule has 0 amide bonds. The Kier molecular flexibility index (Phi) is 7.28. The van der Waals surface area contributed by atoms with Crippen molar-refractivity contribution in [1.82, 2.24) is 0 Å². The molecule has 0 unspecified atom stereocenters. The van der Waals surface area contributed by atoms with Crippen molar-refractivity contribution < 1.29 is 18.9 Å². The van der Waals surface area contributed by atoms with Gasteiger partial charge in [0.2, 0.25) is 0 Å². The molecule has 0 spiro atoms. The van der Waals surface area contributed by atoms with E-state index in [1.165, 1.54) is 12.5 Å². The lowest BCUT2D eigenvalue weighted by molar-refractivity contribution is 0.161. The monoisotopic (exact) mass is 326 g/mol. The van der Waals surface area contributed by atoms with Crippen molar-refractivity contribution in [3.63, 3.8) is 0 Å². The van der Waals surface area contributed by atoms with E-state index in [9.17, 15) is 0 Å². The zero-order valence-corrected chi connectivity index (χ0v) is 13.6. The predicted molar refractivity (Wildman–Crippen MR) is 95.2 cm³/mol. The normalized spacial score (nSPS) is 9.83. The smallest absolute Gasteiger partial charge is 0.169 e. The summed E-state index contributed by atoms with van der Waals surface area (Å²) < 4.78 is 21.9. The summed E-state index contributed by atoms with van der Waals surface area (Å²) in [5.41, 5.74) is 2.03. The van der Waals surface area contributed by atoms with E-state index in [0.29, 0.717) is 37.9 Å².